The molecule has 1 fully saturated rings. The predicted octanol–water partition coefficient (Wildman–Crippen LogP) is 2.36. The van der Waals surface area contributed by atoms with E-state index in [0.29, 0.717) is 28.5 Å². The van der Waals surface area contributed by atoms with Gasteiger partial charge in [-0.25, -0.2) is 4.79 Å². The highest BCUT2D eigenvalue weighted by atomic mass is 35.5. The molecule has 1 aliphatic rings. The monoisotopic (exact) mass is 317 g/mol. The Labute approximate surface area is 125 Å². The van der Waals surface area contributed by atoms with E-state index in [2.05, 4.69) is 5.32 Å². The van der Waals surface area contributed by atoms with Gasteiger partial charge in [-0.3, -0.25) is 4.79 Å². The minimum Gasteiger partial charge on any atom is -0.479 e. The number of hydrogen-bond donors (Lipinski definition) is 2. The number of benzene rings is 1. The van der Waals surface area contributed by atoms with E-state index < -0.39 is 12.1 Å². The standard InChI is InChI=1S/C13H13Cl2NO4/c14-8-3-7(4-9(15)5-8)12(17)16-6-10-1-2-11(20-10)13(18)19/h3-5,10-11H,1-2,6H2,(H,16,17)(H,18,19). The van der Waals surface area contributed by atoms with Gasteiger partial charge in [0.2, 0.25) is 0 Å². The third kappa shape index (κ3) is 3.85. The maximum absolute atomic E-state index is 11.9. The number of halogens is 2. The number of carboxylic acid groups (broad SMARTS) is 1. The van der Waals surface area contributed by atoms with Crippen LogP contribution in [0.3, 0.4) is 0 Å². The third-order valence-electron chi connectivity index (χ3n) is 3.00. The van der Waals surface area contributed by atoms with Crippen molar-refractivity contribution < 1.29 is 19.4 Å². The average Bonchev–Trinajstić information content (AvgIpc) is 2.83. The molecular weight excluding hydrogens is 305 g/mol. The quantitative estimate of drug-likeness (QED) is 0.893. The number of aliphatic carboxylic acids is 1. The van der Waals surface area contributed by atoms with Crippen molar-refractivity contribution in [3.8, 4) is 0 Å². The first-order valence-corrected chi connectivity index (χ1v) is 6.84. The fourth-order valence-corrected chi connectivity index (χ4v) is 2.56. The number of nitrogens with one attached hydrogen (secondary N) is 1. The lowest BCUT2D eigenvalue weighted by Gasteiger charge is -2.12. The van der Waals surface area contributed by atoms with Crippen molar-refractivity contribution in [2.45, 2.75) is 25.0 Å². The fraction of sp³-hybridized carbons (Fsp3) is 0.385. The molecule has 2 rings (SSSR count). The summed E-state index contributed by atoms with van der Waals surface area (Å²) in [5.41, 5.74) is 0.357. The highest BCUT2D eigenvalue weighted by Crippen LogP contribution is 2.20. The molecule has 1 saturated heterocycles. The van der Waals surface area contributed by atoms with Gasteiger partial charge in [0.1, 0.15) is 0 Å². The summed E-state index contributed by atoms with van der Waals surface area (Å²) in [5, 5.41) is 12.2. The second-order valence-electron chi connectivity index (χ2n) is 4.53. The van der Waals surface area contributed by atoms with Gasteiger partial charge in [-0.2, -0.15) is 0 Å². The van der Waals surface area contributed by atoms with Gasteiger partial charge in [0.05, 0.1) is 6.10 Å². The topological polar surface area (TPSA) is 75.6 Å². The third-order valence-corrected chi connectivity index (χ3v) is 3.43. The highest BCUT2D eigenvalue weighted by Gasteiger charge is 2.30. The van der Waals surface area contributed by atoms with Crippen molar-refractivity contribution in [3.05, 3.63) is 33.8 Å². The molecule has 0 bridgehead atoms. The molecule has 5 nitrogen and oxygen atoms in total. The van der Waals surface area contributed by atoms with Crippen LogP contribution in [0.5, 0.6) is 0 Å². The van der Waals surface area contributed by atoms with Crippen molar-refractivity contribution >= 4 is 35.1 Å². The van der Waals surface area contributed by atoms with Crippen LogP contribution in [-0.2, 0) is 9.53 Å². The van der Waals surface area contributed by atoms with E-state index in [1.165, 1.54) is 18.2 Å². The van der Waals surface area contributed by atoms with Gasteiger partial charge >= 0.3 is 5.97 Å². The molecular formula is C13H13Cl2NO4. The Bertz CT molecular complexity index is 515. The number of ether oxygens (including phenoxy) is 1. The second kappa shape index (κ2) is 6.43. The fourth-order valence-electron chi connectivity index (χ4n) is 2.03. The molecule has 0 saturated carbocycles. The van der Waals surface area contributed by atoms with Gasteiger partial charge in [-0.05, 0) is 31.0 Å². The lowest BCUT2D eigenvalue weighted by molar-refractivity contribution is -0.149. The van der Waals surface area contributed by atoms with Crippen molar-refractivity contribution in [1.29, 1.82) is 0 Å². The molecule has 0 spiro atoms. The first kappa shape index (κ1) is 15.1. The largest absolute Gasteiger partial charge is 0.479 e. The molecule has 2 N–H and O–H groups in total. The Morgan fingerprint density at radius 1 is 1.25 bits per heavy atom. The van der Waals surface area contributed by atoms with Crippen molar-refractivity contribution in [2.75, 3.05) is 6.54 Å². The van der Waals surface area contributed by atoms with Gasteiger partial charge in [-0.15, -0.1) is 0 Å². The number of amides is 1. The summed E-state index contributed by atoms with van der Waals surface area (Å²) in [5.74, 6) is -1.29. The first-order valence-electron chi connectivity index (χ1n) is 6.08. The van der Waals surface area contributed by atoms with Crippen LogP contribution in [0.2, 0.25) is 10.0 Å². The molecule has 7 heteroatoms. The smallest absolute Gasteiger partial charge is 0.332 e. The molecule has 1 aliphatic heterocycles. The Morgan fingerprint density at radius 3 is 2.45 bits per heavy atom. The Balaban J connectivity index is 1.88. The van der Waals surface area contributed by atoms with E-state index in [1.807, 2.05) is 0 Å². The molecule has 0 aromatic heterocycles. The summed E-state index contributed by atoms with van der Waals surface area (Å²) in [6, 6.07) is 4.56. The van der Waals surface area contributed by atoms with Crippen LogP contribution >= 0.6 is 23.2 Å². The Hall–Kier alpha value is -1.30. The molecule has 1 amide bonds. The summed E-state index contributed by atoms with van der Waals surface area (Å²) in [7, 11) is 0. The molecule has 0 aliphatic carbocycles. The maximum Gasteiger partial charge on any atom is 0.332 e. The number of carbonyl (C=O) groups is 2. The second-order valence-corrected chi connectivity index (χ2v) is 5.40. The van der Waals surface area contributed by atoms with Gasteiger partial charge in [-0.1, -0.05) is 23.2 Å². The van der Waals surface area contributed by atoms with Gasteiger partial charge in [0, 0.05) is 22.2 Å². The lowest BCUT2D eigenvalue weighted by atomic mass is 10.2. The summed E-state index contributed by atoms with van der Waals surface area (Å²) < 4.78 is 5.29. The Kier molecular flexibility index (Phi) is 4.86. The number of carboxylic acids is 1. The van der Waals surface area contributed by atoms with Gasteiger partial charge in [0.25, 0.3) is 5.91 Å². The van der Waals surface area contributed by atoms with Crippen LogP contribution in [0.15, 0.2) is 18.2 Å². The van der Waals surface area contributed by atoms with Crippen LogP contribution in [0.4, 0.5) is 0 Å². The van der Waals surface area contributed by atoms with E-state index in [1.54, 1.807) is 0 Å². The molecule has 1 aromatic carbocycles. The van der Waals surface area contributed by atoms with E-state index in [0.717, 1.165) is 0 Å². The van der Waals surface area contributed by atoms with Gasteiger partial charge < -0.3 is 15.2 Å². The molecule has 0 radical (unpaired) electrons. The zero-order chi connectivity index (χ0) is 14.7. The summed E-state index contributed by atoms with van der Waals surface area (Å²) in [6.07, 6.45) is -0.000840. The van der Waals surface area contributed by atoms with E-state index in [4.69, 9.17) is 33.0 Å². The SMILES string of the molecule is O=C(NCC1CCC(C(=O)O)O1)c1cc(Cl)cc(Cl)c1. The van der Waals surface area contributed by atoms with Crippen molar-refractivity contribution in [2.24, 2.45) is 0 Å². The minimum atomic E-state index is -0.972. The normalized spacial score (nSPS) is 21.7. The molecule has 1 heterocycles. The van der Waals surface area contributed by atoms with Crippen molar-refractivity contribution in [3.63, 3.8) is 0 Å². The maximum atomic E-state index is 11.9. The van der Waals surface area contributed by atoms with Crippen LogP contribution in [0.1, 0.15) is 23.2 Å². The van der Waals surface area contributed by atoms with Crippen LogP contribution in [-0.4, -0.2) is 35.7 Å². The van der Waals surface area contributed by atoms with Crippen molar-refractivity contribution in [1.82, 2.24) is 5.32 Å². The highest BCUT2D eigenvalue weighted by molar-refractivity contribution is 6.35. The zero-order valence-corrected chi connectivity index (χ0v) is 11.9. The van der Waals surface area contributed by atoms with E-state index >= 15 is 0 Å². The molecule has 20 heavy (non-hydrogen) atoms. The average molecular weight is 318 g/mol. The van der Waals surface area contributed by atoms with E-state index in [9.17, 15) is 9.59 Å². The van der Waals surface area contributed by atoms with Crippen LogP contribution < -0.4 is 5.32 Å². The first-order chi connectivity index (χ1) is 9.45. The number of rotatable bonds is 4. The summed E-state index contributed by atoms with van der Waals surface area (Å²) in [4.78, 5) is 22.7. The van der Waals surface area contributed by atoms with Crippen LogP contribution in [0.25, 0.3) is 0 Å². The molecule has 2 atom stereocenters. The summed E-state index contributed by atoms with van der Waals surface area (Å²) in [6.45, 7) is 0.257. The van der Waals surface area contributed by atoms with Crippen LogP contribution in [0, 0.1) is 0 Å². The predicted molar refractivity (Wildman–Crippen MR) is 74.3 cm³/mol. The number of hydrogen-bond acceptors (Lipinski definition) is 3. The van der Waals surface area contributed by atoms with Gasteiger partial charge in [0.15, 0.2) is 6.10 Å². The zero-order valence-electron chi connectivity index (χ0n) is 10.4. The number of carbonyl (C=O) groups excluding carboxylic acids is 1. The minimum absolute atomic E-state index is 0.257. The molecule has 2 unspecified atom stereocenters. The van der Waals surface area contributed by atoms with E-state index in [-0.39, 0.29) is 18.6 Å². The molecule has 108 valence electrons. The summed E-state index contributed by atoms with van der Waals surface area (Å²) >= 11 is 11.6. The molecule has 1 aromatic rings. The Morgan fingerprint density at radius 2 is 1.90 bits per heavy atom. The lowest BCUT2D eigenvalue weighted by Crippen LogP contribution is -2.33.